The van der Waals surface area contributed by atoms with Crippen LogP contribution in [-0.2, 0) is 31.9 Å². The smallest absolute Gasteiger partial charge is 0.346 e. The number of rotatable bonds is 6. The van der Waals surface area contributed by atoms with Gasteiger partial charge in [-0.05, 0) is 58.2 Å². The predicted octanol–water partition coefficient (Wildman–Crippen LogP) is 2.53. The van der Waals surface area contributed by atoms with Gasteiger partial charge in [0.05, 0.1) is 11.6 Å². The van der Waals surface area contributed by atoms with Gasteiger partial charge in [0.25, 0.3) is 0 Å². The molecule has 1 aliphatic heterocycles. The molecular weight excluding hydrogens is 439 g/mol. The maximum atomic E-state index is 13.4. The molecule has 7 nitrogen and oxygen atoms in total. The third-order valence-electron chi connectivity index (χ3n) is 6.54. The zero-order valence-electron chi connectivity index (χ0n) is 19.0. The third kappa shape index (κ3) is 4.74. The Labute approximate surface area is 190 Å². The number of Topliss-reactive ketones (excluding diaryl/α,β-unsaturated/α-hetero) is 1. The second-order valence-corrected chi connectivity index (χ2v) is 9.18. The molecule has 0 radical (unpaired) electrons. The van der Waals surface area contributed by atoms with Gasteiger partial charge in [-0.1, -0.05) is 12.1 Å². The monoisotopic (exact) mass is 467 g/mol. The lowest BCUT2D eigenvalue weighted by molar-refractivity contribution is -0.180. The van der Waals surface area contributed by atoms with E-state index in [0.29, 0.717) is 5.56 Å². The first-order valence-electron chi connectivity index (χ1n) is 10.8. The Hall–Kier alpha value is -2.91. The average molecular weight is 467 g/mol. The second-order valence-electron chi connectivity index (χ2n) is 9.18. The van der Waals surface area contributed by atoms with Crippen LogP contribution in [-0.4, -0.2) is 57.5 Å². The van der Waals surface area contributed by atoms with Crippen molar-refractivity contribution in [3.05, 3.63) is 35.4 Å². The molecule has 0 aromatic heterocycles. The minimum atomic E-state index is -4.47. The summed E-state index contributed by atoms with van der Waals surface area (Å²) in [6.45, 7) is 6.36. The fourth-order valence-electron chi connectivity index (χ4n) is 4.33. The summed E-state index contributed by atoms with van der Waals surface area (Å²) in [5.74, 6) is -1.70. The lowest BCUT2D eigenvalue weighted by Crippen LogP contribution is -2.74. The highest BCUT2D eigenvalue weighted by Crippen LogP contribution is 2.47. The zero-order chi connectivity index (χ0) is 24.7. The number of alkyl halides is 3. The van der Waals surface area contributed by atoms with E-state index in [1.165, 1.54) is 28.9 Å². The number of carbonyl (C=O) groups excluding carboxylic acids is 4. The van der Waals surface area contributed by atoms with Crippen molar-refractivity contribution in [1.82, 2.24) is 15.1 Å². The summed E-state index contributed by atoms with van der Waals surface area (Å²) in [6.07, 6.45) is -4.28. The highest BCUT2D eigenvalue weighted by molar-refractivity contribution is 6.01. The normalized spacial score (nSPS) is 24.2. The summed E-state index contributed by atoms with van der Waals surface area (Å²) in [7, 11) is 0. The van der Waals surface area contributed by atoms with E-state index < -0.39 is 29.2 Å². The molecule has 3 rings (SSSR count). The van der Waals surface area contributed by atoms with Crippen LogP contribution in [0.25, 0.3) is 0 Å². The van der Waals surface area contributed by atoms with Gasteiger partial charge < -0.3 is 15.1 Å². The van der Waals surface area contributed by atoms with Crippen molar-refractivity contribution in [1.29, 1.82) is 0 Å². The van der Waals surface area contributed by atoms with Crippen molar-refractivity contribution >= 4 is 23.5 Å². The number of amides is 3. The molecule has 180 valence electrons. The van der Waals surface area contributed by atoms with E-state index in [9.17, 15) is 32.3 Å². The summed E-state index contributed by atoms with van der Waals surface area (Å²) in [4.78, 5) is 53.3. The van der Waals surface area contributed by atoms with Gasteiger partial charge in [-0.25, -0.2) is 0 Å². The van der Waals surface area contributed by atoms with E-state index in [2.05, 4.69) is 5.32 Å². The fourth-order valence-corrected chi connectivity index (χ4v) is 4.33. The van der Waals surface area contributed by atoms with Gasteiger partial charge in [0.1, 0.15) is 12.1 Å². The van der Waals surface area contributed by atoms with E-state index >= 15 is 0 Å². The van der Waals surface area contributed by atoms with Crippen LogP contribution in [0.3, 0.4) is 0 Å². The Morgan fingerprint density at radius 3 is 2.18 bits per heavy atom. The van der Waals surface area contributed by atoms with Gasteiger partial charge in [-0.2, -0.15) is 13.2 Å². The molecule has 1 atom stereocenters. The van der Waals surface area contributed by atoms with Crippen molar-refractivity contribution in [3.8, 4) is 0 Å². The van der Waals surface area contributed by atoms with Crippen LogP contribution in [0.5, 0.6) is 0 Å². The van der Waals surface area contributed by atoms with Crippen LogP contribution in [0.4, 0.5) is 13.2 Å². The first-order chi connectivity index (χ1) is 15.3. The van der Waals surface area contributed by atoms with Gasteiger partial charge in [-0.3, -0.25) is 19.2 Å². The number of halogens is 3. The SMILES string of the molecule is CC(=O)C(C)NC(=O)C1CC2(C1)C(=O)N(C(C)C)CC(=O)N2Cc1ccc(C(F)(F)F)cc1. The summed E-state index contributed by atoms with van der Waals surface area (Å²) >= 11 is 0. The first-order valence-corrected chi connectivity index (χ1v) is 10.8. The number of piperazine rings is 1. The lowest BCUT2D eigenvalue weighted by atomic mass is 9.64. The lowest BCUT2D eigenvalue weighted by Gasteiger charge is -2.57. The molecule has 1 unspecified atom stereocenters. The number of hydrogen-bond donors (Lipinski definition) is 1. The van der Waals surface area contributed by atoms with Crippen LogP contribution < -0.4 is 5.32 Å². The Balaban J connectivity index is 1.84. The summed E-state index contributed by atoms with van der Waals surface area (Å²) < 4.78 is 38.6. The Kier molecular flexibility index (Phi) is 6.59. The van der Waals surface area contributed by atoms with Crippen molar-refractivity contribution in [3.63, 3.8) is 0 Å². The van der Waals surface area contributed by atoms with E-state index in [1.54, 1.807) is 20.8 Å². The number of nitrogens with one attached hydrogen (secondary N) is 1. The van der Waals surface area contributed by atoms with E-state index in [4.69, 9.17) is 0 Å². The zero-order valence-corrected chi connectivity index (χ0v) is 19.0. The van der Waals surface area contributed by atoms with Crippen LogP contribution in [0.15, 0.2) is 24.3 Å². The Morgan fingerprint density at radius 1 is 1.12 bits per heavy atom. The molecule has 1 aromatic rings. The third-order valence-corrected chi connectivity index (χ3v) is 6.54. The Morgan fingerprint density at radius 2 is 1.70 bits per heavy atom. The largest absolute Gasteiger partial charge is 0.416 e. The molecule has 1 saturated heterocycles. The highest BCUT2D eigenvalue weighted by atomic mass is 19.4. The van der Waals surface area contributed by atoms with Gasteiger partial charge in [-0.15, -0.1) is 0 Å². The quantitative estimate of drug-likeness (QED) is 0.697. The van der Waals surface area contributed by atoms with Crippen LogP contribution >= 0.6 is 0 Å². The number of carbonyl (C=O) groups is 4. The Bertz CT molecular complexity index is 953. The van der Waals surface area contributed by atoms with Crippen molar-refractivity contribution < 1.29 is 32.3 Å². The van der Waals surface area contributed by atoms with Gasteiger partial charge in [0, 0.05) is 18.5 Å². The minimum Gasteiger partial charge on any atom is -0.346 e. The average Bonchev–Trinajstić information content (AvgIpc) is 2.68. The molecule has 2 aliphatic rings. The van der Waals surface area contributed by atoms with E-state index in [-0.39, 0.29) is 55.5 Å². The minimum absolute atomic E-state index is 0.0349. The predicted molar refractivity (Wildman–Crippen MR) is 113 cm³/mol. The molecule has 1 spiro atoms. The summed E-state index contributed by atoms with van der Waals surface area (Å²) in [5.41, 5.74) is -1.57. The summed E-state index contributed by atoms with van der Waals surface area (Å²) in [6, 6.07) is 3.59. The van der Waals surface area contributed by atoms with Crippen LogP contribution in [0.2, 0.25) is 0 Å². The molecule has 1 saturated carbocycles. The van der Waals surface area contributed by atoms with Crippen LogP contribution in [0, 0.1) is 5.92 Å². The number of hydrogen-bond acceptors (Lipinski definition) is 4. The van der Waals surface area contributed by atoms with E-state index in [1.807, 2.05) is 0 Å². The number of nitrogens with zero attached hydrogens (tertiary/aromatic N) is 2. The molecule has 1 N–H and O–H groups in total. The topological polar surface area (TPSA) is 86.8 Å². The molecule has 33 heavy (non-hydrogen) atoms. The highest BCUT2D eigenvalue weighted by Gasteiger charge is 2.61. The second kappa shape index (κ2) is 8.79. The molecule has 0 bridgehead atoms. The molecule has 1 aliphatic carbocycles. The molecule has 2 fully saturated rings. The van der Waals surface area contributed by atoms with Gasteiger partial charge >= 0.3 is 6.18 Å². The molecule has 1 heterocycles. The maximum absolute atomic E-state index is 13.4. The van der Waals surface area contributed by atoms with E-state index in [0.717, 1.165) is 12.1 Å². The molecule has 1 aromatic carbocycles. The molecule has 10 heteroatoms. The number of ketones is 1. The standard InChI is InChI=1S/C23H28F3N3O4/c1-13(2)28-12-19(31)29(11-16-5-7-18(8-6-16)23(24,25)26)22(21(28)33)9-17(10-22)20(32)27-14(3)15(4)30/h5-8,13-14,17H,9-12H2,1-4H3,(H,27,32). The number of benzene rings is 1. The maximum Gasteiger partial charge on any atom is 0.416 e. The van der Waals surface area contributed by atoms with Crippen LogP contribution in [0.1, 0.15) is 51.7 Å². The van der Waals surface area contributed by atoms with Crippen molar-refractivity contribution in [2.45, 2.75) is 70.9 Å². The molecule has 3 amide bonds. The van der Waals surface area contributed by atoms with Gasteiger partial charge in [0.2, 0.25) is 17.7 Å². The molecular formula is C23H28F3N3O4. The first kappa shape index (κ1) is 24.7. The van der Waals surface area contributed by atoms with Gasteiger partial charge in [0.15, 0.2) is 5.78 Å². The van der Waals surface area contributed by atoms with Crippen molar-refractivity contribution in [2.24, 2.45) is 5.92 Å². The fraction of sp³-hybridized carbons (Fsp3) is 0.565. The summed E-state index contributed by atoms with van der Waals surface area (Å²) in [5, 5.41) is 2.62. The van der Waals surface area contributed by atoms with Crippen molar-refractivity contribution in [2.75, 3.05) is 6.54 Å².